The lowest BCUT2D eigenvalue weighted by Gasteiger charge is -2.04. The molecule has 0 radical (unpaired) electrons. The van der Waals surface area contributed by atoms with Gasteiger partial charge in [0.25, 0.3) is 0 Å². The Hall–Kier alpha value is -2.31. The quantitative estimate of drug-likeness (QED) is 0.400. The third-order valence-electron chi connectivity index (χ3n) is 3.83. The standard InChI is InChI=1S/C21H22N2O2S2/c1-3-13-23-18-11-10-16(25-4-2)15-19(18)27-21(23)22-20(24)12-14-26-17-8-6-5-7-9-17/h3,5-11,15H,1,4,12-14H2,2H3. The topological polar surface area (TPSA) is 43.6 Å². The van der Waals surface area contributed by atoms with Gasteiger partial charge in [-0.25, -0.2) is 0 Å². The molecule has 0 unspecified atom stereocenters. The van der Waals surface area contributed by atoms with Gasteiger partial charge < -0.3 is 9.30 Å². The summed E-state index contributed by atoms with van der Waals surface area (Å²) in [4.78, 5) is 18.6. The summed E-state index contributed by atoms with van der Waals surface area (Å²) in [6, 6.07) is 16.0. The fourth-order valence-corrected chi connectivity index (χ4v) is 4.58. The van der Waals surface area contributed by atoms with E-state index in [1.54, 1.807) is 11.8 Å². The molecule has 140 valence electrons. The predicted molar refractivity (Wildman–Crippen MR) is 114 cm³/mol. The summed E-state index contributed by atoms with van der Waals surface area (Å²) in [5.74, 6) is 1.44. The van der Waals surface area contributed by atoms with E-state index in [1.807, 2.05) is 66.1 Å². The minimum atomic E-state index is -0.104. The van der Waals surface area contributed by atoms with Crippen LogP contribution in [0.1, 0.15) is 13.3 Å². The van der Waals surface area contributed by atoms with E-state index in [4.69, 9.17) is 4.74 Å². The Kier molecular flexibility index (Phi) is 6.90. The van der Waals surface area contributed by atoms with Crippen molar-refractivity contribution in [1.29, 1.82) is 0 Å². The van der Waals surface area contributed by atoms with E-state index in [1.165, 1.54) is 11.3 Å². The Balaban J connectivity index is 1.79. The summed E-state index contributed by atoms with van der Waals surface area (Å²) in [6.07, 6.45) is 2.23. The van der Waals surface area contributed by atoms with E-state index in [2.05, 4.69) is 11.6 Å². The van der Waals surface area contributed by atoms with Gasteiger partial charge in [-0.2, -0.15) is 4.99 Å². The average Bonchev–Trinajstić information content (AvgIpc) is 3.00. The zero-order chi connectivity index (χ0) is 19.1. The molecule has 27 heavy (non-hydrogen) atoms. The molecule has 0 spiro atoms. The Bertz CT molecular complexity index is 990. The first kappa shape index (κ1) is 19.5. The predicted octanol–water partition coefficient (Wildman–Crippen LogP) is 4.90. The summed E-state index contributed by atoms with van der Waals surface area (Å²) in [5.41, 5.74) is 1.04. The number of nitrogens with zero attached hydrogens (tertiary/aromatic N) is 2. The molecule has 0 saturated heterocycles. The Morgan fingerprint density at radius 1 is 1.30 bits per heavy atom. The van der Waals surface area contributed by atoms with Crippen LogP contribution in [0.2, 0.25) is 0 Å². The second-order valence-electron chi connectivity index (χ2n) is 5.76. The lowest BCUT2D eigenvalue weighted by atomic mass is 10.3. The van der Waals surface area contributed by atoms with E-state index >= 15 is 0 Å². The maximum atomic E-state index is 12.4. The molecule has 3 rings (SSSR count). The van der Waals surface area contributed by atoms with Crippen LogP contribution >= 0.6 is 23.1 Å². The van der Waals surface area contributed by atoms with E-state index in [-0.39, 0.29) is 5.91 Å². The first-order valence-electron chi connectivity index (χ1n) is 8.83. The second kappa shape index (κ2) is 9.58. The molecule has 0 fully saturated rings. The Labute approximate surface area is 167 Å². The van der Waals surface area contributed by atoms with Gasteiger partial charge in [0.2, 0.25) is 5.91 Å². The van der Waals surface area contributed by atoms with Crippen LogP contribution in [0, 0.1) is 0 Å². The van der Waals surface area contributed by atoms with Crippen LogP contribution in [-0.2, 0) is 11.3 Å². The highest BCUT2D eigenvalue weighted by Gasteiger charge is 2.08. The molecule has 1 aromatic heterocycles. The summed E-state index contributed by atoms with van der Waals surface area (Å²) < 4.78 is 8.64. The van der Waals surface area contributed by atoms with Crippen molar-refractivity contribution in [2.45, 2.75) is 24.8 Å². The van der Waals surface area contributed by atoms with Gasteiger partial charge in [-0.1, -0.05) is 35.6 Å². The van der Waals surface area contributed by atoms with Crippen molar-refractivity contribution >= 4 is 39.2 Å². The Morgan fingerprint density at radius 3 is 2.85 bits per heavy atom. The van der Waals surface area contributed by atoms with Gasteiger partial charge in [0, 0.05) is 23.6 Å². The highest BCUT2D eigenvalue weighted by atomic mass is 32.2. The summed E-state index contributed by atoms with van der Waals surface area (Å²) >= 11 is 3.17. The zero-order valence-corrected chi connectivity index (χ0v) is 16.9. The van der Waals surface area contributed by atoms with Crippen molar-refractivity contribution in [3.8, 4) is 5.75 Å². The highest BCUT2D eigenvalue weighted by molar-refractivity contribution is 7.99. The molecule has 3 aromatic rings. The molecular formula is C21H22N2O2S2. The number of hydrogen-bond donors (Lipinski definition) is 0. The third-order valence-corrected chi connectivity index (χ3v) is 5.88. The van der Waals surface area contributed by atoms with Gasteiger partial charge in [0.15, 0.2) is 4.80 Å². The normalized spacial score (nSPS) is 11.7. The molecule has 1 amide bonds. The lowest BCUT2D eigenvalue weighted by Crippen LogP contribution is -2.16. The van der Waals surface area contributed by atoms with Gasteiger partial charge >= 0.3 is 0 Å². The summed E-state index contributed by atoms with van der Waals surface area (Å²) in [5, 5.41) is 0. The molecule has 0 aliphatic heterocycles. The summed E-state index contributed by atoms with van der Waals surface area (Å²) in [6.45, 7) is 7.02. The molecule has 1 heterocycles. The molecule has 0 atom stereocenters. The number of carbonyl (C=O) groups is 1. The molecule has 4 nitrogen and oxygen atoms in total. The monoisotopic (exact) mass is 398 g/mol. The van der Waals surface area contributed by atoms with Crippen molar-refractivity contribution in [3.05, 3.63) is 66.0 Å². The van der Waals surface area contributed by atoms with Crippen LogP contribution in [0.15, 0.2) is 71.1 Å². The zero-order valence-electron chi connectivity index (χ0n) is 15.3. The fraction of sp³-hybridized carbons (Fsp3) is 0.238. The van der Waals surface area contributed by atoms with E-state index in [9.17, 15) is 4.79 Å². The maximum Gasteiger partial charge on any atom is 0.249 e. The molecule has 6 heteroatoms. The van der Waals surface area contributed by atoms with Crippen LogP contribution < -0.4 is 9.54 Å². The number of ether oxygens (including phenoxy) is 1. The molecule has 0 bridgehead atoms. The average molecular weight is 399 g/mol. The third kappa shape index (κ3) is 5.11. The van der Waals surface area contributed by atoms with Gasteiger partial charge in [-0.05, 0) is 37.3 Å². The first-order valence-corrected chi connectivity index (χ1v) is 10.6. The number of rotatable bonds is 8. The highest BCUT2D eigenvalue weighted by Crippen LogP contribution is 2.23. The number of thiazole rings is 1. The van der Waals surface area contributed by atoms with Gasteiger partial charge in [0.05, 0.1) is 16.8 Å². The van der Waals surface area contributed by atoms with Gasteiger partial charge in [-0.15, -0.1) is 18.3 Å². The number of allylic oxidation sites excluding steroid dienone is 1. The number of hydrogen-bond acceptors (Lipinski definition) is 4. The number of carbonyl (C=O) groups excluding carboxylic acids is 1. The van der Waals surface area contributed by atoms with E-state index in [0.717, 1.165) is 20.9 Å². The maximum absolute atomic E-state index is 12.4. The van der Waals surface area contributed by atoms with E-state index in [0.29, 0.717) is 30.1 Å². The van der Waals surface area contributed by atoms with Crippen molar-refractivity contribution in [3.63, 3.8) is 0 Å². The minimum Gasteiger partial charge on any atom is -0.494 e. The van der Waals surface area contributed by atoms with Crippen LogP contribution in [0.5, 0.6) is 5.75 Å². The summed E-state index contributed by atoms with van der Waals surface area (Å²) in [7, 11) is 0. The molecule has 0 saturated carbocycles. The van der Waals surface area contributed by atoms with Gasteiger partial charge in [-0.3, -0.25) is 4.79 Å². The van der Waals surface area contributed by atoms with Crippen LogP contribution in [0.3, 0.4) is 0 Å². The molecule has 0 aliphatic rings. The number of amides is 1. The van der Waals surface area contributed by atoms with Crippen molar-refractivity contribution in [1.82, 2.24) is 4.57 Å². The van der Waals surface area contributed by atoms with Crippen molar-refractivity contribution in [2.24, 2.45) is 4.99 Å². The van der Waals surface area contributed by atoms with Crippen LogP contribution in [-0.4, -0.2) is 22.8 Å². The van der Waals surface area contributed by atoms with Crippen molar-refractivity contribution in [2.75, 3.05) is 12.4 Å². The van der Waals surface area contributed by atoms with E-state index < -0.39 is 0 Å². The Morgan fingerprint density at radius 2 is 2.11 bits per heavy atom. The smallest absolute Gasteiger partial charge is 0.249 e. The van der Waals surface area contributed by atoms with Crippen molar-refractivity contribution < 1.29 is 9.53 Å². The largest absolute Gasteiger partial charge is 0.494 e. The SMILES string of the molecule is C=CCn1c(=NC(=O)CCSc2ccccc2)sc2cc(OCC)ccc21. The van der Waals surface area contributed by atoms with Crippen LogP contribution in [0.4, 0.5) is 0 Å². The van der Waals surface area contributed by atoms with Gasteiger partial charge in [0.1, 0.15) is 5.75 Å². The molecule has 0 N–H and O–H groups in total. The lowest BCUT2D eigenvalue weighted by molar-refractivity contribution is -0.117. The first-order chi connectivity index (χ1) is 13.2. The number of thioether (sulfide) groups is 1. The minimum absolute atomic E-state index is 0.104. The molecule has 0 aliphatic carbocycles. The number of aromatic nitrogens is 1. The number of fused-ring (bicyclic) bond motifs is 1. The fourth-order valence-electron chi connectivity index (χ4n) is 2.64. The second-order valence-corrected chi connectivity index (χ2v) is 7.94. The molecule has 2 aromatic carbocycles. The number of benzene rings is 2. The van der Waals surface area contributed by atoms with Crippen LogP contribution in [0.25, 0.3) is 10.2 Å². The molecular weight excluding hydrogens is 376 g/mol.